The molecule has 0 bridgehead atoms. The molecule has 3 rings (SSSR count). The summed E-state index contributed by atoms with van der Waals surface area (Å²) in [5, 5.41) is 5.83. The van der Waals surface area contributed by atoms with Crippen LogP contribution in [-0.2, 0) is 36.7 Å². The summed E-state index contributed by atoms with van der Waals surface area (Å²) in [7, 11) is 0. The number of ether oxygens (including phenoxy) is 2. The van der Waals surface area contributed by atoms with E-state index in [9.17, 15) is 14.4 Å². The first-order chi connectivity index (χ1) is 24.9. The summed E-state index contributed by atoms with van der Waals surface area (Å²) < 4.78 is 11.4. The van der Waals surface area contributed by atoms with Crippen LogP contribution in [0.5, 0.6) is 0 Å². The number of amides is 3. The van der Waals surface area contributed by atoms with E-state index in [1.54, 1.807) is 58.6 Å². The lowest BCUT2D eigenvalue weighted by Gasteiger charge is -2.39. The van der Waals surface area contributed by atoms with Gasteiger partial charge in [0.25, 0.3) is 0 Å². The van der Waals surface area contributed by atoms with E-state index < -0.39 is 59.2 Å². The highest BCUT2D eigenvalue weighted by atomic mass is 16.6. The number of hydrogen-bond donors (Lipinski definition) is 2. The molecular formula is C44H59N3O6. The fourth-order valence-electron chi connectivity index (χ4n) is 5.95. The third-order valence-corrected chi connectivity index (χ3v) is 8.44. The van der Waals surface area contributed by atoms with Crippen molar-refractivity contribution >= 4 is 30.0 Å². The molecule has 286 valence electrons. The van der Waals surface area contributed by atoms with Crippen molar-refractivity contribution in [1.82, 2.24) is 15.5 Å². The third-order valence-electron chi connectivity index (χ3n) is 8.44. The molecule has 0 aliphatic rings. The summed E-state index contributed by atoms with van der Waals surface area (Å²) >= 11 is 0. The second-order valence-corrected chi connectivity index (χ2v) is 16.0. The number of nitrogens with zero attached hydrogens (tertiary/aromatic N) is 1. The predicted molar refractivity (Wildman–Crippen MR) is 211 cm³/mol. The molecule has 3 aromatic carbocycles. The molecule has 53 heavy (non-hydrogen) atoms. The minimum Gasteiger partial charge on any atom is -0.458 e. The van der Waals surface area contributed by atoms with Crippen molar-refractivity contribution in [1.29, 1.82) is 0 Å². The monoisotopic (exact) mass is 725 g/mol. The van der Waals surface area contributed by atoms with E-state index in [-0.39, 0.29) is 12.8 Å². The molecule has 4 atom stereocenters. The van der Waals surface area contributed by atoms with Crippen LogP contribution >= 0.6 is 0 Å². The molecule has 0 radical (unpaired) electrons. The first-order valence-electron chi connectivity index (χ1n) is 18.5. The van der Waals surface area contributed by atoms with Gasteiger partial charge < -0.3 is 25.0 Å². The zero-order valence-corrected chi connectivity index (χ0v) is 33.0. The van der Waals surface area contributed by atoms with E-state index in [0.29, 0.717) is 17.9 Å². The Balaban J connectivity index is 2.20. The Labute approximate surface area is 316 Å². The first kappa shape index (κ1) is 42.5. The van der Waals surface area contributed by atoms with Crippen LogP contribution in [0.4, 0.5) is 4.79 Å². The van der Waals surface area contributed by atoms with Crippen LogP contribution in [0.25, 0.3) is 6.08 Å². The van der Waals surface area contributed by atoms with Gasteiger partial charge in [0.1, 0.15) is 29.3 Å². The Morgan fingerprint density at radius 1 is 0.717 bits per heavy atom. The van der Waals surface area contributed by atoms with Crippen molar-refractivity contribution in [2.24, 2.45) is 5.92 Å². The minimum atomic E-state index is -1.19. The largest absolute Gasteiger partial charge is 0.458 e. The molecule has 0 spiro atoms. The Hall–Kier alpha value is -4.92. The highest BCUT2D eigenvalue weighted by molar-refractivity contribution is 5.94. The number of alkyl carbamates (subject to hydrolysis) is 1. The van der Waals surface area contributed by atoms with Crippen molar-refractivity contribution in [3.63, 3.8) is 0 Å². The van der Waals surface area contributed by atoms with E-state index in [2.05, 4.69) is 31.1 Å². The van der Waals surface area contributed by atoms with Gasteiger partial charge in [0.15, 0.2) is 0 Å². The fraction of sp³-hybridized carbons (Fsp3) is 0.455. The molecule has 3 amide bonds. The topological polar surface area (TPSA) is 114 Å². The van der Waals surface area contributed by atoms with E-state index >= 15 is 4.79 Å². The van der Waals surface area contributed by atoms with Gasteiger partial charge in [-0.3, -0.25) is 9.59 Å². The van der Waals surface area contributed by atoms with Crippen LogP contribution in [0.15, 0.2) is 91.5 Å². The van der Waals surface area contributed by atoms with Crippen molar-refractivity contribution in [2.45, 2.75) is 123 Å². The average Bonchev–Trinajstić information content (AvgIpc) is 3.08. The number of carbonyl (C=O) groups excluding carboxylic acids is 4. The number of benzene rings is 3. The molecule has 0 fully saturated rings. The molecule has 9 nitrogen and oxygen atoms in total. The normalized spacial score (nSPS) is 13.9. The second kappa shape index (κ2) is 19.2. The van der Waals surface area contributed by atoms with Crippen molar-refractivity contribution < 1.29 is 28.7 Å². The van der Waals surface area contributed by atoms with Crippen molar-refractivity contribution in [2.75, 3.05) is 0 Å². The predicted octanol–water partition coefficient (Wildman–Crippen LogP) is 8.23. The van der Waals surface area contributed by atoms with Crippen molar-refractivity contribution in [3.8, 4) is 0 Å². The first-order valence-corrected chi connectivity index (χ1v) is 18.5. The van der Waals surface area contributed by atoms with E-state index in [1.165, 1.54) is 0 Å². The van der Waals surface area contributed by atoms with Gasteiger partial charge in [-0.05, 0) is 95.5 Å². The van der Waals surface area contributed by atoms with E-state index in [1.807, 2.05) is 85.8 Å². The molecule has 0 saturated carbocycles. The van der Waals surface area contributed by atoms with Crippen LogP contribution in [0.1, 0.15) is 103 Å². The molecular weight excluding hydrogens is 666 g/mol. The van der Waals surface area contributed by atoms with Gasteiger partial charge >= 0.3 is 12.1 Å². The molecule has 3 aromatic rings. The maximum Gasteiger partial charge on any atom is 0.408 e. The maximum absolute atomic E-state index is 15.2. The SMILES string of the molecule is C=Cc1cccc(C(C(=O)NC(Cc2ccccc2)C(=O)OC(C)(C)C)N(C(=O)C(Cc2ccccc2)NC(=O)OC(C)(C)C)C(C)CCC(C)C)c1. The third kappa shape index (κ3) is 14.2. The number of esters is 1. The van der Waals surface area contributed by atoms with Gasteiger partial charge in [-0.2, -0.15) is 0 Å². The molecule has 2 N–H and O–H groups in total. The van der Waals surface area contributed by atoms with Crippen molar-refractivity contribution in [3.05, 3.63) is 114 Å². The van der Waals surface area contributed by atoms with Gasteiger partial charge in [-0.15, -0.1) is 0 Å². The van der Waals surface area contributed by atoms with Crippen LogP contribution in [0.3, 0.4) is 0 Å². The smallest absolute Gasteiger partial charge is 0.408 e. The summed E-state index contributed by atoms with van der Waals surface area (Å²) in [6.07, 6.45) is 2.62. The highest BCUT2D eigenvalue weighted by Crippen LogP contribution is 2.29. The Morgan fingerprint density at radius 3 is 1.77 bits per heavy atom. The Bertz CT molecular complexity index is 1660. The lowest BCUT2D eigenvalue weighted by Crippen LogP contribution is -2.57. The van der Waals surface area contributed by atoms with E-state index in [4.69, 9.17) is 9.47 Å². The minimum absolute atomic E-state index is 0.155. The highest BCUT2D eigenvalue weighted by Gasteiger charge is 2.40. The lowest BCUT2D eigenvalue weighted by atomic mass is 9.94. The molecule has 4 unspecified atom stereocenters. The molecule has 0 aliphatic carbocycles. The molecule has 0 heterocycles. The second-order valence-electron chi connectivity index (χ2n) is 16.0. The zero-order valence-electron chi connectivity index (χ0n) is 33.0. The fourth-order valence-corrected chi connectivity index (χ4v) is 5.95. The summed E-state index contributed by atoms with van der Waals surface area (Å²) in [5.41, 5.74) is 1.32. The Kier molecular flexibility index (Phi) is 15.4. The molecule has 0 aromatic heterocycles. The number of nitrogens with one attached hydrogen (secondary N) is 2. The number of rotatable bonds is 16. The van der Waals surface area contributed by atoms with Gasteiger partial charge in [0.05, 0.1) is 0 Å². The average molecular weight is 726 g/mol. The summed E-state index contributed by atoms with van der Waals surface area (Å²) in [6, 6.07) is 22.3. The summed E-state index contributed by atoms with van der Waals surface area (Å²) in [4.78, 5) is 58.7. The molecule has 0 aliphatic heterocycles. The molecule has 0 saturated heterocycles. The number of hydrogen-bond acceptors (Lipinski definition) is 6. The van der Waals surface area contributed by atoms with Crippen LogP contribution in [0, 0.1) is 5.92 Å². The van der Waals surface area contributed by atoms with Gasteiger partial charge in [-0.1, -0.05) is 105 Å². The van der Waals surface area contributed by atoms with Gasteiger partial charge in [0, 0.05) is 18.9 Å². The summed E-state index contributed by atoms with van der Waals surface area (Å²) in [5.74, 6) is -1.28. The summed E-state index contributed by atoms with van der Waals surface area (Å²) in [6.45, 7) is 20.6. The Morgan fingerprint density at radius 2 is 1.26 bits per heavy atom. The van der Waals surface area contributed by atoms with Gasteiger partial charge in [0.2, 0.25) is 11.8 Å². The maximum atomic E-state index is 15.2. The number of carbonyl (C=O) groups is 4. The van der Waals surface area contributed by atoms with Crippen LogP contribution in [0.2, 0.25) is 0 Å². The quantitative estimate of drug-likeness (QED) is 0.144. The van der Waals surface area contributed by atoms with E-state index in [0.717, 1.165) is 23.1 Å². The lowest BCUT2D eigenvalue weighted by molar-refractivity contribution is -0.159. The van der Waals surface area contributed by atoms with Crippen LogP contribution in [-0.4, -0.2) is 58.1 Å². The van der Waals surface area contributed by atoms with Gasteiger partial charge in [-0.25, -0.2) is 9.59 Å². The zero-order chi connectivity index (χ0) is 39.3. The van der Waals surface area contributed by atoms with Crippen LogP contribution < -0.4 is 10.6 Å². The molecule has 9 heteroatoms. The standard InChI is InChI=1S/C44H59N3O6/c1-11-32-23-18-24-35(27-32)38(39(48)45-37(41(50)52-43(5,6)7)29-34-21-16-13-17-22-34)47(31(4)26-25-30(2)3)40(49)36(28-33-19-14-12-15-20-33)46-42(51)53-44(8,9)10/h11-24,27,30-31,36-38H,1,25-26,28-29H2,2-10H3,(H,45,48)(H,46,51).